The van der Waals surface area contributed by atoms with E-state index in [9.17, 15) is 4.79 Å². The molecule has 0 unspecified atom stereocenters. The summed E-state index contributed by atoms with van der Waals surface area (Å²) in [7, 11) is 1.78. The van der Waals surface area contributed by atoms with Crippen LogP contribution in [0.2, 0.25) is 0 Å². The topological polar surface area (TPSA) is 67.2 Å². The maximum atomic E-state index is 11.1. The third kappa shape index (κ3) is 3.12. The van der Waals surface area contributed by atoms with Crippen LogP contribution in [0.25, 0.3) is 0 Å². The van der Waals surface area contributed by atoms with Gasteiger partial charge < -0.3 is 10.4 Å². The van der Waals surface area contributed by atoms with Crippen molar-refractivity contribution >= 4 is 17.7 Å². The summed E-state index contributed by atoms with van der Waals surface area (Å²) in [4.78, 5) is 11.1. The number of aryl methyl sites for hydroxylation is 1. The Hall–Kier alpha value is -1.01. The fourth-order valence-electron chi connectivity index (χ4n) is 2.73. The molecule has 0 bridgehead atoms. The summed E-state index contributed by atoms with van der Waals surface area (Å²) in [6, 6.07) is 0. The van der Waals surface area contributed by atoms with Gasteiger partial charge in [0.05, 0.1) is 11.9 Å². The molecule has 0 spiro atoms. The van der Waals surface area contributed by atoms with Gasteiger partial charge in [0.1, 0.15) is 5.56 Å². The number of nitrogens with zero attached hydrogens (tertiary/aromatic N) is 2. The number of nitrogens with one attached hydrogen (secondary N) is 1. The average molecular weight is 283 g/mol. The number of aromatic carboxylic acids is 1. The molecule has 0 radical (unpaired) electrons. The first kappa shape index (κ1) is 14.4. The van der Waals surface area contributed by atoms with Crippen molar-refractivity contribution in [3.05, 3.63) is 17.5 Å². The predicted molar refractivity (Wildman–Crippen MR) is 76.6 cm³/mol. The Morgan fingerprint density at radius 3 is 2.84 bits per heavy atom. The SMILES string of the molecule is CSC1(CNCc2c(C(=O)O)cnn2C)CCCC1. The lowest BCUT2D eigenvalue weighted by Crippen LogP contribution is -2.35. The molecule has 0 aliphatic heterocycles. The van der Waals surface area contributed by atoms with E-state index in [0.717, 1.165) is 12.2 Å². The summed E-state index contributed by atoms with van der Waals surface area (Å²) < 4.78 is 1.97. The Balaban J connectivity index is 1.95. The Kier molecular flexibility index (Phi) is 4.52. The molecule has 0 aromatic carbocycles. The number of hydrogen-bond acceptors (Lipinski definition) is 4. The first-order valence-corrected chi connectivity index (χ1v) is 7.80. The average Bonchev–Trinajstić information content (AvgIpc) is 2.98. The quantitative estimate of drug-likeness (QED) is 0.834. The van der Waals surface area contributed by atoms with Crippen molar-refractivity contribution in [1.82, 2.24) is 15.1 Å². The van der Waals surface area contributed by atoms with Crippen molar-refractivity contribution in [1.29, 1.82) is 0 Å². The van der Waals surface area contributed by atoms with Gasteiger partial charge in [-0.15, -0.1) is 0 Å². The van der Waals surface area contributed by atoms with E-state index in [2.05, 4.69) is 16.7 Å². The first-order valence-electron chi connectivity index (χ1n) is 6.58. The van der Waals surface area contributed by atoms with Crippen LogP contribution >= 0.6 is 11.8 Å². The maximum absolute atomic E-state index is 11.1. The molecule has 0 saturated heterocycles. The van der Waals surface area contributed by atoms with Crippen LogP contribution in [0, 0.1) is 0 Å². The molecule has 0 amide bonds. The summed E-state index contributed by atoms with van der Waals surface area (Å²) in [5.41, 5.74) is 1.03. The second-order valence-corrected chi connectivity index (χ2v) is 6.41. The molecule has 1 saturated carbocycles. The second kappa shape index (κ2) is 5.96. The van der Waals surface area contributed by atoms with Crippen LogP contribution < -0.4 is 5.32 Å². The van der Waals surface area contributed by atoms with Crippen molar-refractivity contribution in [2.24, 2.45) is 7.05 Å². The molecule has 6 heteroatoms. The number of carbonyl (C=O) groups is 1. The molecule has 2 rings (SSSR count). The fourth-order valence-corrected chi connectivity index (χ4v) is 3.68. The molecular formula is C13H21N3O2S. The zero-order valence-electron chi connectivity index (χ0n) is 11.5. The highest BCUT2D eigenvalue weighted by molar-refractivity contribution is 8.00. The van der Waals surface area contributed by atoms with Crippen molar-refractivity contribution in [3.63, 3.8) is 0 Å². The van der Waals surface area contributed by atoms with Gasteiger partial charge in [0.25, 0.3) is 0 Å². The molecule has 1 aliphatic rings. The summed E-state index contributed by atoms with van der Waals surface area (Å²) in [5.74, 6) is -0.912. The van der Waals surface area contributed by atoms with Gasteiger partial charge in [0.15, 0.2) is 0 Å². The van der Waals surface area contributed by atoms with Crippen LogP contribution in [0.3, 0.4) is 0 Å². The van der Waals surface area contributed by atoms with Crippen LogP contribution in [0.5, 0.6) is 0 Å². The van der Waals surface area contributed by atoms with Gasteiger partial charge in [-0.1, -0.05) is 12.8 Å². The molecule has 1 aliphatic carbocycles. The molecule has 1 heterocycles. The molecule has 106 valence electrons. The largest absolute Gasteiger partial charge is 0.478 e. The van der Waals surface area contributed by atoms with E-state index in [1.807, 2.05) is 11.8 Å². The summed E-state index contributed by atoms with van der Waals surface area (Å²) >= 11 is 1.93. The number of hydrogen-bond donors (Lipinski definition) is 2. The monoisotopic (exact) mass is 283 g/mol. The zero-order chi connectivity index (χ0) is 13.9. The maximum Gasteiger partial charge on any atom is 0.339 e. The van der Waals surface area contributed by atoms with Crippen LogP contribution in [-0.4, -0.2) is 38.4 Å². The summed E-state index contributed by atoms with van der Waals surface area (Å²) in [5, 5.41) is 16.5. The minimum absolute atomic E-state index is 0.291. The third-order valence-corrected chi connectivity index (χ3v) is 5.40. The van der Waals surface area contributed by atoms with Crippen LogP contribution in [0.15, 0.2) is 6.20 Å². The van der Waals surface area contributed by atoms with E-state index in [4.69, 9.17) is 5.11 Å². The van der Waals surface area contributed by atoms with Crippen molar-refractivity contribution in [2.75, 3.05) is 12.8 Å². The minimum atomic E-state index is -0.912. The van der Waals surface area contributed by atoms with Gasteiger partial charge in [0.2, 0.25) is 0 Å². The smallest absolute Gasteiger partial charge is 0.339 e. The van der Waals surface area contributed by atoms with Crippen molar-refractivity contribution in [3.8, 4) is 0 Å². The highest BCUT2D eigenvalue weighted by Crippen LogP contribution is 2.39. The first-order chi connectivity index (χ1) is 9.08. The lowest BCUT2D eigenvalue weighted by molar-refractivity contribution is 0.0695. The predicted octanol–water partition coefficient (Wildman–Crippen LogP) is 1.88. The molecule has 1 aromatic rings. The Morgan fingerprint density at radius 2 is 2.26 bits per heavy atom. The standard InChI is InChI=1S/C13H21N3O2S/c1-16-11(10(7-15-16)12(17)18)8-14-9-13(19-2)5-3-4-6-13/h7,14H,3-6,8-9H2,1-2H3,(H,17,18). The van der Waals surface area contributed by atoms with Gasteiger partial charge in [-0.3, -0.25) is 4.68 Å². The molecule has 1 aromatic heterocycles. The molecular weight excluding hydrogens is 262 g/mol. The van der Waals surface area contributed by atoms with E-state index in [1.165, 1.54) is 31.9 Å². The van der Waals surface area contributed by atoms with Crippen molar-refractivity contribution in [2.45, 2.75) is 37.0 Å². The van der Waals surface area contributed by atoms with Gasteiger partial charge in [-0.05, 0) is 19.1 Å². The Morgan fingerprint density at radius 1 is 1.58 bits per heavy atom. The van der Waals surface area contributed by atoms with E-state index in [1.54, 1.807) is 11.7 Å². The number of thioether (sulfide) groups is 1. The molecule has 2 N–H and O–H groups in total. The van der Waals surface area contributed by atoms with E-state index < -0.39 is 5.97 Å². The zero-order valence-corrected chi connectivity index (χ0v) is 12.3. The highest BCUT2D eigenvalue weighted by atomic mass is 32.2. The Labute approximate surface area is 117 Å². The molecule has 0 atom stereocenters. The highest BCUT2D eigenvalue weighted by Gasteiger charge is 2.32. The van der Waals surface area contributed by atoms with Gasteiger partial charge in [0, 0.05) is 24.9 Å². The third-order valence-electron chi connectivity index (χ3n) is 3.98. The van der Waals surface area contributed by atoms with Crippen LogP contribution in [-0.2, 0) is 13.6 Å². The summed E-state index contributed by atoms with van der Waals surface area (Å²) in [6.45, 7) is 1.48. The number of carboxylic acid groups (broad SMARTS) is 1. The lowest BCUT2D eigenvalue weighted by atomic mass is 10.1. The Bertz CT molecular complexity index is 453. The van der Waals surface area contributed by atoms with Gasteiger partial charge in [-0.25, -0.2) is 4.79 Å². The lowest BCUT2D eigenvalue weighted by Gasteiger charge is -2.27. The van der Waals surface area contributed by atoms with E-state index in [-0.39, 0.29) is 0 Å². The number of carboxylic acids is 1. The van der Waals surface area contributed by atoms with Crippen LogP contribution in [0.1, 0.15) is 41.7 Å². The van der Waals surface area contributed by atoms with Gasteiger partial charge in [-0.2, -0.15) is 16.9 Å². The molecule has 5 nitrogen and oxygen atoms in total. The normalized spacial score (nSPS) is 17.8. The summed E-state index contributed by atoms with van der Waals surface area (Å²) in [6.07, 6.45) is 8.68. The number of aromatic nitrogens is 2. The van der Waals surface area contributed by atoms with Crippen molar-refractivity contribution < 1.29 is 9.90 Å². The number of rotatable bonds is 6. The van der Waals surface area contributed by atoms with E-state index in [0.29, 0.717) is 16.9 Å². The van der Waals surface area contributed by atoms with Crippen LogP contribution in [0.4, 0.5) is 0 Å². The molecule has 1 fully saturated rings. The minimum Gasteiger partial charge on any atom is -0.478 e. The van der Waals surface area contributed by atoms with Gasteiger partial charge >= 0.3 is 5.97 Å². The fraction of sp³-hybridized carbons (Fsp3) is 0.692. The second-order valence-electron chi connectivity index (χ2n) is 5.13. The van der Waals surface area contributed by atoms with E-state index >= 15 is 0 Å². The molecule has 19 heavy (non-hydrogen) atoms.